The maximum absolute atomic E-state index is 10.3. The topological polar surface area (TPSA) is 35.5 Å². The van der Waals surface area contributed by atoms with Crippen LogP contribution in [0, 0.1) is 5.41 Å². The van der Waals surface area contributed by atoms with Gasteiger partial charge in [0, 0.05) is 153 Å². The fourth-order valence-electron chi connectivity index (χ4n) is 2.76. The molecule has 0 radical (unpaired) electrons. The Labute approximate surface area is 300 Å². The van der Waals surface area contributed by atoms with Crippen LogP contribution in [0.1, 0.15) is 47.2 Å². The molecule has 0 aromatic heterocycles. The van der Waals surface area contributed by atoms with E-state index in [0.29, 0.717) is 0 Å². The number of allylic oxidation sites excluding steroid dienone is 2. The van der Waals surface area contributed by atoms with E-state index in [1.54, 1.807) is 0 Å². The Morgan fingerprint density at radius 2 is 1.11 bits per heavy atom. The smallest absolute Gasteiger partial charge is 0.183 e. The zero-order chi connectivity index (χ0) is 20.4. The Kier molecular flexibility index (Phi) is 39.0. The van der Waals surface area contributed by atoms with Gasteiger partial charge in [-0.3, -0.25) is 4.79 Å². The van der Waals surface area contributed by atoms with E-state index in [4.69, 9.17) is 9.47 Å². The van der Waals surface area contributed by atoms with Crippen LogP contribution in [0.4, 0.5) is 0 Å². The average molecular weight is 836 g/mol. The molecular formula is C25H30O3Zn7. The van der Waals surface area contributed by atoms with Gasteiger partial charge in [-0.2, -0.15) is 0 Å². The number of hydrogen-bond donors (Lipinski definition) is 0. The molecule has 1 heterocycles. The summed E-state index contributed by atoms with van der Waals surface area (Å²) in [4.78, 5) is 10.3. The minimum Gasteiger partial charge on any atom is -0.348 e. The molecule has 162 valence electrons. The fraction of sp³-hybridized carbons (Fsp3) is 0.320. The molecule has 0 bridgehead atoms. The molecule has 10 heteroatoms. The molecule has 2 aromatic carbocycles. The fourth-order valence-corrected chi connectivity index (χ4v) is 2.76. The number of hydrogen-bond acceptors (Lipinski definition) is 3. The number of carbonyl (C=O) groups excluding carboxylic acids is 1. The third-order valence-corrected chi connectivity index (χ3v) is 4.38. The molecule has 1 aliphatic heterocycles. The van der Waals surface area contributed by atoms with Crippen molar-refractivity contribution in [2.75, 3.05) is 13.2 Å². The number of carbonyl (C=O) groups is 1. The van der Waals surface area contributed by atoms with Gasteiger partial charge < -0.3 is 9.47 Å². The van der Waals surface area contributed by atoms with Crippen molar-refractivity contribution in [1.82, 2.24) is 0 Å². The summed E-state index contributed by atoms with van der Waals surface area (Å²) in [6.07, 6.45) is 6.15. The second-order valence-electron chi connectivity index (χ2n) is 7.70. The first-order valence-corrected chi connectivity index (χ1v) is 9.55. The molecule has 0 saturated carbocycles. The number of ether oxygens (including phenoxy) is 2. The van der Waals surface area contributed by atoms with E-state index in [-0.39, 0.29) is 148 Å². The summed E-state index contributed by atoms with van der Waals surface area (Å²) >= 11 is 0. The van der Waals surface area contributed by atoms with E-state index in [9.17, 15) is 4.79 Å². The van der Waals surface area contributed by atoms with Crippen molar-refractivity contribution in [3.05, 3.63) is 96.1 Å². The molecule has 3 nitrogen and oxygen atoms in total. The largest absolute Gasteiger partial charge is 0.348 e. The van der Waals surface area contributed by atoms with Crippen molar-refractivity contribution in [3.63, 3.8) is 0 Å². The van der Waals surface area contributed by atoms with Crippen molar-refractivity contribution in [2.24, 2.45) is 5.41 Å². The molecule has 0 aliphatic carbocycles. The molecule has 1 fully saturated rings. The molecule has 0 atom stereocenters. The number of benzene rings is 2. The van der Waals surface area contributed by atoms with Gasteiger partial charge in [-0.1, -0.05) is 74.5 Å². The van der Waals surface area contributed by atoms with Crippen LogP contribution in [-0.4, -0.2) is 19.5 Å². The monoisotopic (exact) mass is 826 g/mol. The number of rotatable bonds is 6. The predicted molar refractivity (Wildman–Crippen MR) is 114 cm³/mol. The van der Waals surface area contributed by atoms with Crippen molar-refractivity contribution in [3.8, 4) is 0 Å². The average Bonchev–Trinajstić information content (AvgIpc) is 2.70. The second-order valence-corrected chi connectivity index (χ2v) is 7.70. The summed E-state index contributed by atoms with van der Waals surface area (Å²) in [5.41, 5.74) is 4.39. The second kappa shape index (κ2) is 27.4. The molecule has 3 rings (SSSR count). The SMILES string of the molecule is C=CCc1ccc(C2OCC(C)(C)CO2)cc1.C=CCc1ccc(C=O)cc1.[Zn].[Zn].[Zn].[Zn].[Zn].[Zn].[Zn]. The first-order chi connectivity index (χ1) is 13.5. The Balaban J connectivity index is -0.000000106. The predicted octanol–water partition coefficient (Wildman–Crippen LogP) is 5.70. The summed E-state index contributed by atoms with van der Waals surface area (Å²) in [5, 5.41) is 0. The third kappa shape index (κ3) is 19.6. The molecular weight excluding hydrogens is 806 g/mol. The van der Waals surface area contributed by atoms with E-state index < -0.39 is 0 Å². The first-order valence-electron chi connectivity index (χ1n) is 9.55. The number of aldehydes is 1. The van der Waals surface area contributed by atoms with Gasteiger partial charge in [0.2, 0.25) is 0 Å². The van der Waals surface area contributed by atoms with E-state index >= 15 is 0 Å². The summed E-state index contributed by atoms with van der Waals surface area (Å²) in [7, 11) is 0. The Morgan fingerprint density at radius 1 is 0.743 bits per heavy atom. The van der Waals surface area contributed by atoms with Crippen LogP contribution < -0.4 is 0 Å². The van der Waals surface area contributed by atoms with Crippen molar-refractivity contribution < 1.29 is 151 Å². The van der Waals surface area contributed by atoms with Crippen LogP contribution in [-0.2, 0) is 159 Å². The molecule has 0 spiro atoms. The van der Waals surface area contributed by atoms with Gasteiger partial charge in [-0.05, 0) is 24.0 Å². The van der Waals surface area contributed by atoms with Gasteiger partial charge in [0.1, 0.15) is 6.29 Å². The van der Waals surface area contributed by atoms with Crippen molar-refractivity contribution in [1.29, 1.82) is 0 Å². The van der Waals surface area contributed by atoms with E-state index in [1.807, 2.05) is 36.4 Å². The zero-order valence-electron chi connectivity index (χ0n) is 21.8. The molecule has 1 saturated heterocycles. The van der Waals surface area contributed by atoms with Crippen LogP contribution in [0.5, 0.6) is 0 Å². The Bertz CT molecular complexity index is 773. The maximum atomic E-state index is 10.3. The van der Waals surface area contributed by atoms with Gasteiger partial charge in [-0.15, -0.1) is 13.2 Å². The van der Waals surface area contributed by atoms with Crippen LogP contribution in [0.15, 0.2) is 73.8 Å². The Hall–Kier alpha value is 1.87. The van der Waals surface area contributed by atoms with Gasteiger partial charge in [-0.25, -0.2) is 0 Å². The summed E-state index contributed by atoms with van der Waals surface area (Å²) in [5.74, 6) is 0. The Morgan fingerprint density at radius 3 is 1.46 bits per heavy atom. The van der Waals surface area contributed by atoms with E-state index in [2.05, 4.69) is 51.3 Å². The van der Waals surface area contributed by atoms with Crippen LogP contribution in [0.3, 0.4) is 0 Å². The summed E-state index contributed by atoms with van der Waals surface area (Å²) in [6, 6.07) is 15.8. The zero-order valence-corrected chi connectivity index (χ0v) is 42.6. The minimum absolute atomic E-state index is 0. The summed E-state index contributed by atoms with van der Waals surface area (Å²) < 4.78 is 11.5. The molecule has 35 heavy (non-hydrogen) atoms. The standard InChI is InChI=1S/C15H20O2.C10H10O.7Zn/c1-4-5-12-6-8-13(9-7-12)14-16-10-15(2,3)11-17-14;1-2-3-9-4-6-10(8-11)7-5-9;;;;;;;/h4,6-9,14H,1,5,10-11H2,2-3H3;2,4-8H,1,3H2;;;;;;;. The van der Waals surface area contributed by atoms with Crippen molar-refractivity contribution in [2.45, 2.75) is 33.0 Å². The van der Waals surface area contributed by atoms with Gasteiger partial charge in [0.25, 0.3) is 0 Å². The van der Waals surface area contributed by atoms with Gasteiger partial charge in [0.15, 0.2) is 6.29 Å². The first kappa shape index (κ1) is 49.8. The quantitative estimate of drug-likeness (QED) is 0.213. The third-order valence-electron chi connectivity index (χ3n) is 4.38. The molecule has 0 unspecified atom stereocenters. The van der Waals surface area contributed by atoms with Gasteiger partial charge in [0.05, 0.1) is 13.2 Å². The summed E-state index contributed by atoms with van der Waals surface area (Å²) in [6.45, 7) is 13.1. The van der Waals surface area contributed by atoms with Crippen molar-refractivity contribution >= 4 is 6.29 Å². The molecule has 1 aliphatic rings. The maximum Gasteiger partial charge on any atom is 0.183 e. The van der Waals surface area contributed by atoms with E-state index in [1.165, 1.54) is 11.1 Å². The van der Waals surface area contributed by atoms with Crippen LogP contribution >= 0.6 is 0 Å². The minimum atomic E-state index is -0.208. The van der Waals surface area contributed by atoms with Crippen LogP contribution in [0.25, 0.3) is 0 Å². The molecule has 0 amide bonds. The van der Waals surface area contributed by atoms with Crippen LogP contribution in [0.2, 0.25) is 0 Å². The molecule has 0 N–H and O–H groups in total. The molecule has 2 aromatic rings. The normalized spacial score (nSPS) is 12.6. The van der Waals surface area contributed by atoms with Gasteiger partial charge >= 0.3 is 0 Å². The van der Waals surface area contributed by atoms with E-state index in [0.717, 1.165) is 43.5 Å².